The van der Waals surface area contributed by atoms with Crippen molar-refractivity contribution in [2.24, 2.45) is 0 Å². The zero-order valence-corrected chi connectivity index (χ0v) is 25.9. The summed E-state index contributed by atoms with van der Waals surface area (Å²) in [4.78, 5) is 61.6. The topological polar surface area (TPSA) is 141 Å². The number of H-pyrrole nitrogens is 1. The molecule has 4 aromatic rings. The van der Waals surface area contributed by atoms with Gasteiger partial charge in [0, 0.05) is 35.7 Å². The first-order valence-electron chi connectivity index (χ1n) is 13.7. The van der Waals surface area contributed by atoms with Gasteiger partial charge in [-0.3, -0.25) is 14.4 Å². The summed E-state index contributed by atoms with van der Waals surface area (Å²) < 4.78 is 5.14. The maximum absolute atomic E-state index is 13.1. The second kappa shape index (κ2) is 11.6. The van der Waals surface area contributed by atoms with Gasteiger partial charge in [0.25, 0.3) is 5.56 Å². The molecule has 0 aliphatic heterocycles. The fourth-order valence-electron chi connectivity index (χ4n) is 5.70. The molecule has 0 radical (unpaired) electrons. The van der Waals surface area contributed by atoms with Crippen LogP contribution in [0, 0.1) is 13.8 Å². The first kappa shape index (κ1) is 30.4. The number of ketones is 2. The van der Waals surface area contributed by atoms with Crippen LogP contribution in [0.2, 0.25) is 10.3 Å². The Bertz CT molecular complexity index is 1830. The first-order chi connectivity index (χ1) is 20.4. The summed E-state index contributed by atoms with van der Waals surface area (Å²) in [6.45, 7) is 7.41. The van der Waals surface area contributed by atoms with Gasteiger partial charge in [-0.2, -0.15) is 4.98 Å². The van der Waals surface area contributed by atoms with Crippen LogP contribution in [0.4, 0.5) is 0 Å². The second-order valence-corrected chi connectivity index (χ2v) is 12.0. The van der Waals surface area contributed by atoms with Crippen molar-refractivity contribution in [3.8, 4) is 5.88 Å². The molecule has 2 atom stereocenters. The average Bonchev–Trinajstić information content (AvgIpc) is 2.97. The minimum absolute atomic E-state index is 0.0105. The van der Waals surface area contributed by atoms with Crippen LogP contribution < -0.4 is 10.3 Å². The van der Waals surface area contributed by atoms with Crippen LogP contribution in [0.25, 0.3) is 0 Å². The molecule has 1 N–H and O–H groups in total. The number of hydrogen-bond donors (Lipinski definition) is 1. The van der Waals surface area contributed by atoms with Crippen molar-refractivity contribution in [2.45, 2.75) is 64.2 Å². The number of nitrogens with one attached hydrogen (secondary N) is 1. The maximum Gasteiger partial charge on any atom is 0.250 e. The van der Waals surface area contributed by atoms with E-state index in [1.54, 1.807) is 31.5 Å². The summed E-state index contributed by atoms with van der Waals surface area (Å²) in [5.74, 6) is 1.26. The van der Waals surface area contributed by atoms with E-state index in [0.29, 0.717) is 64.6 Å². The van der Waals surface area contributed by atoms with Crippen LogP contribution in [0.5, 0.6) is 5.88 Å². The number of Topliss-reactive ketones (excluding diaryl/α,β-unsaturated/α-hetero) is 2. The number of ether oxygens (including phenoxy) is 1. The molecular weight excluding hydrogens is 591 g/mol. The molecule has 10 nitrogen and oxygen atoms in total. The number of methoxy groups -OCH3 is 1. The lowest BCUT2D eigenvalue weighted by atomic mass is 9.71. The first-order valence-corrected chi connectivity index (χ1v) is 14.5. The summed E-state index contributed by atoms with van der Waals surface area (Å²) in [5, 5.41) is 0.819. The highest BCUT2D eigenvalue weighted by molar-refractivity contribution is 6.30. The SMILES string of the molecule is COc1ccnc(C2(C)CCc3nc(Cl)cc(C)c3C2=O)n1.Cc1cc(Cl)nc2c1C(=O)C(C)(c1nccc(=O)[nH]1)CC2. The van der Waals surface area contributed by atoms with Crippen molar-refractivity contribution in [2.75, 3.05) is 7.11 Å². The minimum Gasteiger partial charge on any atom is -0.481 e. The Kier molecular flexibility index (Phi) is 8.20. The Hall–Kier alpha value is -4.02. The average molecular weight is 622 g/mol. The van der Waals surface area contributed by atoms with Gasteiger partial charge in [-0.15, -0.1) is 0 Å². The number of pyridine rings is 2. The summed E-state index contributed by atoms with van der Waals surface area (Å²) in [6, 6.07) is 6.41. The lowest BCUT2D eigenvalue weighted by Crippen LogP contribution is -2.40. The van der Waals surface area contributed by atoms with Gasteiger partial charge in [0.2, 0.25) is 5.88 Å². The molecule has 0 aromatic carbocycles. The molecule has 0 amide bonds. The minimum atomic E-state index is -0.840. The summed E-state index contributed by atoms with van der Waals surface area (Å²) in [6.07, 6.45) is 5.46. The molecule has 6 rings (SSSR count). The van der Waals surface area contributed by atoms with Crippen LogP contribution in [0.15, 0.2) is 41.5 Å². The zero-order chi connectivity index (χ0) is 31.1. The number of carbonyl (C=O) groups is 2. The molecule has 0 saturated carbocycles. The molecule has 2 aliphatic rings. The van der Waals surface area contributed by atoms with E-state index in [4.69, 9.17) is 27.9 Å². The number of hydrogen-bond acceptors (Lipinski definition) is 9. The van der Waals surface area contributed by atoms with Gasteiger partial charge < -0.3 is 9.72 Å². The van der Waals surface area contributed by atoms with E-state index >= 15 is 0 Å². The van der Waals surface area contributed by atoms with Gasteiger partial charge in [0.15, 0.2) is 11.6 Å². The highest BCUT2D eigenvalue weighted by atomic mass is 35.5. The molecule has 43 heavy (non-hydrogen) atoms. The number of nitrogens with zero attached hydrogens (tertiary/aromatic N) is 5. The van der Waals surface area contributed by atoms with E-state index in [1.807, 2.05) is 27.7 Å². The van der Waals surface area contributed by atoms with Crippen LogP contribution >= 0.6 is 23.2 Å². The van der Waals surface area contributed by atoms with Gasteiger partial charge in [-0.05, 0) is 76.6 Å². The van der Waals surface area contributed by atoms with Crippen molar-refractivity contribution in [1.29, 1.82) is 0 Å². The quantitative estimate of drug-likeness (QED) is 0.308. The molecule has 0 bridgehead atoms. The summed E-state index contributed by atoms with van der Waals surface area (Å²) >= 11 is 11.9. The molecule has 2 unspecified atom stereocenters. The predicted molar refractivity (Wildman–Crippen MR) is 161 cm³/mol. The normalized spacial score (nSPS) is 20.9. The number of rotatable bonds is 3. The fourth-order valence-corrected chi connectivity index (χ4v) is 6.23. The third-order valence-electron chi connectivity index (χ3n) is 8.23. The van der Waals surface area contributed by atoms with E-state index in [9.17, 15) is 14.4 Å². The third-order valence-corrected chi connectivity index (χ3v) is 8.61. The van der Waals surface area contributed by atoms with Gasteiger partial charge in [0.05, 0.1) is 29.3 Å². The number of fused-ring (bicyclic) bond motifs is 2. The monoisotopic (exact) mass is 620 g/mol. The zero-order valence-electron chi connectivity index (χ0n) is 24.4. The predicted octanol–water partition coefficient (Wildman–Crippen LogP) is 5.14. The summed E-state index contributed by atoms with van der Waals surface area (Å²) in [7, 11) is 1.54. The molecule has 0 saturated heterocycles. The Morgan fingerprint density at radius 1 is 0.791 bits per heavy atom. The highest BCUT2D eigenvalue weighted by Crippen LogP contribution is 2.39. The maximum atomic E-state index is 13.1. The van der Waals surface area contributed by atoms with E-state index in [-0.39, 0.29) is 17.1 Å². The van der Waals surface area contributed by atoms with E-state index < -0.39 is 10.8 Å². The highest BCUT2D eigenvalue weighted by Gasteiger charge is 2.44. The number of carbonyl (C=O) groups excluding carboxylic acids is 2. The standard InChI is InChI=1S/C16H16ClN3O2.C15H14ClN3O2/c1-9-8-11(17)19-10-4-6-16(2,14(21)13(9)10)15-18-7-5-12(20-15)22-3;1-8-7-10(16)18-9-3-5-15(2,13(21)12(8)9)14-17-6-4-11(20)19-14/h5,7-8H,4,6H2,1-3H3;4,6-7H,3,5H2,1-2H3,(H,17,19,20). The van der Waals surface area contributed by atoms with E-state index in [0.717, 1.165) is 22.5 Å². The van der Waals surface area contributed by atoms with Crippen LogP contribution in [-0.4, -0.2) is 48.6 Å². The fraction of sp³-hybridized carbons (Fsp3) is 0.355. The molecule has 2 aliphatic carbocycles. The van der Waals surface area contributed by atoms with Crippen molar-refractivity contribution in [3.63, 3.8) is 0 Å². The number of aryl methyl sites for hydroxylation is 4. The third kappa shape index (κ3) is 5.57. The van der Waals surface area contributed by atoms with Crippen molar-refractivity contribution < 1.29 is 14.3 Å². The smallest absolute Gasteiger partial charge is 0.250 e. The molecule has 0 fully saturated rings. The Morgan fingerprint density at radius 2 is 1.33 bits per heavy atom. The van der Waals surface area contributed by atoms with Crippen LogP contribution in [0.1, 0.15) is 81.6 Å². The Morgan fingerprint density at radius 3 is 1.88 bits per heavy atom. The Labute approximate surface area is 258 Å². The summed E-state index contributed by atoms with van der Waals surface area (Å²) in [5.41, 5.74) is 2.49. The number of halogens is 2. The van der Waals surface area contributed by atoms with Gasteiger partial charge >= 0.3 is 0 Å². The second-order valence-electron chi connectivity index (χ2n) is 11.2. The Balaban J connectivity index is 0.000000171. The van der Waals surface area contributed by atoms with Crippen molar-refractivity contribution in [3.05, 3.63) is 103 Å². The molecule has 222 valence electrons. The molecule has 0 spiro atoms. The molecule has 4 aromatic heterocycles. The van der Waals surface area contributed by atoms with Gasteiger partial charge in [0.1, 0.15) is 22.0 Å². The lowest BCUT2D eigenvalue weighted by molar-refractivity contribution is 0.0858. The van der Waals surface area contributed by atoms with E-state index in [2.05, 4.69) is 29.9 Å². The van der Waals surface area contributed by atoms with Crippen LogP contribution in [-0.2, 0) is 23.7 Å². The van der Waals surface area contributed by atoms with E-state index in [1.165, 1.54) is 12.3 Å². The van der Waals surface area contributed by atoms with Gasteiger partial charge in [-0.1, -0.05) is 23.2 Å². The lowest BCUT2D eigenvalue weighted by Gasteiger charge is -2.32. The molecule has 12 heteroatoms. The molecule has 4 heterocycles. The number of aromatic nitrogens is 6. The van der Waals surface area contributed by atoms with Crippen molar-refractivity contribution >= 4 is 34.8 Å². The van der Waals surface area contributed by atoms with Crippen molar-refractivity contribution in [1.82, 2.24) is 29.9 Å². The molecular formula is C31H30Cl2N6O4. The van der Waals surface area contributed by atoms with Crippen LogP contribution in [0.3, 0.4) is 0 Å². The largest absolute Gasteiger partial charge is 0.481 e. The van der Waals surface area contributed by atoms with Gasteiger partial charge in [-0.25, -0.2) is 19.9 Å². The number of aromatic amines is 1.